The Bertz CT molecular complexity index is 500. The van der Waals surface area contributed by atoms with Crippen molar-refractivity contribution in [3.63, 3.8) is 0 Å². The molecule has 1 heterocycles. The van der Waals surface area contributed by atoms with Crippen molar-refractivity contribution >= 4 is 10.8 Å². The fourth-order valence-corrected chi connectivity index (χ4v) is 2.19. The van der Waals surface area contributed by atoms with Gasteiger partial charge in [-0.2, -0.15) is 0 Å². The van der Waals surface area contributed by atoms with E-state index >= 15 is 0 Å². The van der Waals surface area contributed by atoms with E-state index in [0.29, 0.717) is 12.3 Å². The lowest BCUT2D eigenvalue weighted by molar-refractivity contribution is 0.151. The van der Waals surface area contributed by atoms with Crippen molar-refractivity contribution in [1.82, 2.24) is 4.98 Å². The van der Waals surface area contributed by atoms with Gasteiger partial charge in [0.1, 0.15) is 0 Å². The van der Waals surface area contributed by atoms with E-state index in [1.54, 1.807) is 0 Å². The van der Waals surface area contributed by atoms with E-state index in [2.05, 4.69) is 17.1 Å². The smallest absolute Gasteiger partial charge is 0.0624 e. The third kappa shape index (κ3) is 1.81. The molecule has 0 saturated heterocycles. The molecule has 1 aromatic carbocycles. The van der Waals surface area contributed by atoms with Crippen LogP contribution in [0.3, 0.4) is 0 Å². The van der Waals surface area contributed by atoms with Gasteiger partial charge in [-0.25, -0.2) is 0 Å². The van der Waals surface area contributed by atoms with Gasteiger partial charge in [0.05, 0.1) is 11.8 Å². The minimum Gasteiger partial charge on any atom is -0.392 e. The molecule has 82 valence electrons. The second-order valence-electron chi connectivity index (χ2n) is 4.59. The summed E-state index contributed by atoms with van der Waals surface area (Å²) in [6.45, 7) is 0. The fourth-order valence-electron chi connectivity index (χ4n) is 2.19. The lowest BCUT2D eigenvalue weighted by atomic mass is 10.0. The highest BCUT2D eigenvalue weighted by Gasteiger charge is 2.30. The lowest BCUT2D eigenvalue weighted by Gasteiger charge is -2.10. The molecule has 1 aromatic heterocycles. The SMILES string of the molecule is OC(Cc1nccc2ccccc12)C1CC1. The number of hydrogen-bond donors (Lipinski definition) is 1. The third-order valence-electron chi connectivity index (χ3n) is 3.32. The average Bonchev–Trinajstić information content (AvgIpc) is 3.13. The number of nitrogens with zero attached hydrogens (tertiary/aromatic N) is 1. The Hall–Kier alpha value is -1.41. The van der Waals surface area contributed by atoms with Crippen LogP contribution in [-0.4, -0.2) is 16.2 Å². The van der Waals surface area contributed by atoms with Crippen molar-refractivity contribution in [3.05, 3.63) is 42.2 Å². The van der Waals surface area contributed by atoms with Crippen molar-refractivity contribution in [2.24, 2.45) is 5.92 Å². The molecule has 1 unspecified atom stereocenters. The Morgan fingerprint density at radius 1 is 1.25 bits per heavy atom. The van der Waals surface area contributed by atoms with Gasteiger partial charge in [-0.05, 0) is 30.2 Å². The molecule has 0 aliphatic heterocycles. The summed E-state index contributed by atoms with van der Waals surface area (Å²) in [5.41, 5.74) is 1.03. The average molecular weight is 213 g/mol. The molecule has 2 nitrogen and oxygen atoms in total. The Morgan fingerprint density at radius 3 is 2.88 bits per heavy atom. The molecule has 1 aliphatic rings. The zero-order valence-electron chi connectivity index (χ0n) is 9.13. The Labute approximate surface area is 94.9 Å². The quantitative estimate of drug-likeness (QED) is 0.850. The van der Waals surface area contributed by atoms with Gasteiger partial charge >= 0.3 is 0 Å². The first-order valence-electron chi connectivity index (χ1n) is 5.85. The first kappa shape index (κ1) is 9.79. The highest BCUT2D eigenvalue weighted by Crippen LogP contribution is 2.34. The molecule has 3 rings (SSSR count). The maximum absolute atomic E-state index is 9.96. The predicted molar refractivity (Wildman–Crippen MR) is 64.2 cm³/mol. The molecule has 1 fully saturated rings. The van der Waals surface area contributed by atoms with Crippen LogP contribution < -0.4 is 0 Å². The zero-order valence-corrected chi connectivity index (χ0v) is 9.13. The molecule has 0 bridgehead atoms. The maximum Gasteiger partial charge on any atom is 0.0624 e. The van der Waals surface area contributed by atoms with Gasteiger partial charge in [0.15, 0.2) is 0 Å². The Kier molecular flexibility index (Phi) is 2.37. The van der Waals surface area contributed by atoms with Crippen LogP contribution in [0.4, 0.5) is 0 Å². The van der Waals surface area contributed by atoms with Crippen LogP contribution in [0.1, 0.15) is 18.5 Å². The molecule has 0 spiro atoms. The van der Waals surface area contributed by atoms with Crippen molar-refractivity contribution < 1.29 is 5.11 Å². The van der Waals surface area contributed by atoms with Crippen LogP contribution in [0.15, 0.2) is 36.5 Å². The molecule has 2 aromatic rings. The predicted octanol–water partition coefficient (Wildman–Crippen LogP) is 2.55. The molecular formula is C14H15NO. The van der Waals surface area contributed by atoms with Gasteiger partial charge in [-0.15, -0.1) is 0 Å². The van der Waals surface area contributed by atoms with Gasteiger partial charge in [0, 0.05) is 18.0 Å². The summed E-state index contributed by atoms with van der Waals surface area (Å²) >= 11 is 0. The number of aliphatic hydroxyl groups excluding tert-OH is 1. The minimum absolute atomic E-state index is 0.210. The van der Waals surface area contributed by atoms with Gasteiger partial charge in [-0.3, -0.25) is 4.98 Å². The first-order valence-corrected chi connectivity index (χ1v) is 5.85. The number of benzene rings is 1. The van der Waals surface area contributed by atoms with E-state index in [1.165, 1.54) is 23.6 Å². The highest BCUT2D eigenvalue weighted by atomic mass is 16.3. The minimum atomic E-state index is -0.210. The van der Waals surface area contributed by atoms with Crippen LogP contribution in [0.25, 0.3) is 10.8 Å². The van der Waals surface area contributed by atoms with Gasteiger partial charge in [0.25, 0.3) is 0 Å². The molecule has 0 amide bonds. The van der Waals surface area contributed by atoms with Crippen LogP contribution in [0.5, 0.6) is 0 Å². The number of aliphatic hydroxyl groups is 1. The largest absolute Gasteiger partial charge is 0.392 e. The number of fused-ring (bicyclic) bond motifs is 1. The van der Waals surface area contributed by atoms with Gasteiger partial charge in [-0.1, -0.05) is 24.3 Å². The van der Waals surface area contributed by atoms with E-state index in [-0.39, 0.29) is 6.10 Å². The summed E-state index contributed by atoms with van der Waals surface area (Å²) in [6.07, 6.45) is 4.65. The molecular weight excluding hydrogens is 198 g/mol. The van der Waals surface area contributed by atoms with Gasteiger partial charge in [0.2, 0.25) is 0 Å². The normalized spacial score (nSPS) is 17.6. The van der Waals surface area contributed by atoms with Crippen molar-refractivity contribution in [3.8, 4) is 0 Å². The zero-order chi connectivity index (χ0) is 11.0. The Morgan fingerprint density at radius 2 is 2.06 bits per heavy atom. The van der Waals surface area contributed by atoms with Crippen LogP contribution >= 0.6 is 0 Å². The second kappa shape index (κ2) is 3.87. The molecule has 16 heavy (non-hydrogen) atoms. The summed E-state index contributed by atoms with van der Waals surface area (Å²) < 4.78 is 0. The van der Waals surface area contributed by atoms with Crippen LogP contribution in [-0.2, 0) is 6.42 Å². The summed E-state index contributed by atoms with van der Waals surface area (Å²) in [6, 6.07) is 10.2. The summed E-state index contributed by atoms with van der Waals surface area (Å²) in [7, 11) is 0. The van der Waals surface area contributed by atoms with Crippen LogP contribution in [0.2, 0.25) is 0 Å². The van der Waals surface area contributed by atoms with E-state index in [9.17, 15) is 5.11 Å². The van der Waals surface area contributed by atoms with E-state index in [4.69, 9.17) is 0 Å². The van der Waals surface area contributed by atoms with Gasteiger partial charge < -0.3 is 5.11 Å². The first-order chi connectivity index (χ1) is 7.84. The van der Waals surface area contributed by atoms with E-state index in [0.717, 1.165) is 5.69 Å². The molecule has 2 heteroatoms. The topological polar surface area (TPSA) is 33.1 Å². The molecule has 1 atom stereocenters. The Balaban J connectivity index is 1.95. The number of rotatable bonds is 3. The number of hydrogen-bond acceptors (Lipinski definition) is 2. The molecule has 1 N–H and O–H groups in total. The third-order valence-corrected chi connectivity index (χ3v) is 3.32. The summed E-state index contributed by atoms with van der Waals surface area (Å²) in [4.78, 5) is 4.40. The molecule has 1 aliphatic carbocycles. The fraction of sp³-hybridized carbons (Fsp3) is 0.357. The van der Waals surface area contributed by atoms with E-state index < -0.39 is 0 Å². The molecule has 1 saturated carbocycles. The molecule has 0 radical (unpaired) electrons. The maximum atomic E-state index is 9.96. The summed E-state index contributed by atoms with van der Waals surface area (Å²) in [5, 5.41) is 12.3. The monoisotopic (exact) mass is 213 g/mol. The highest BCUT2D eigenvalue weighted by molar-refractivity contribution is 5.84. The summed E-state index contributed by atoms with van der Waals surface area (Å²) in [5.74, 6) is 0.515. The van der Waals surface area contributed by atoms with Crippen molar-refractivity contribution in [1.29, 1.82) is 0 Å². The van der Waals surface area contributed by atoms with Crippen LogP contribution in [0, 0.1) is 5.92 Å². The standard InChI is InChI=1S/C14H15NO/c16-14(11-5-6-11)9-13-12-4-2-1-3-10(12)7-8-15-13/h1-4,7-8,11,14,16H,5-6,9H2. The van der Waals surface area contributed by atoms with Crippen molar-refractivity contribution in [2.45, 2.75) is 25.4 Å². The number of aromatic nitrogens is 1. The van der Waals surface area contributed by atoms with Crippen molar-refractivity contribution in [2.75, 3.05) is 0 Å². The second-order valence-corrected chi connectivity index (χ2v) is 4.59. The lowest BCUT2D eigenvalue weighted by Crippen LogP contribution is -2.13. The van der Waals surface area contributed by atoms with E-state index in [1.807, 2.05) is 24.4 Å². The number of pyridine rings is 1.